The van der Waals surface area contributed by atoms with Gasteiger partial charge in [0.05, 0.1) is 17.6 Å². The number of aliphatic carboxylic acids is 1. The molecule has 104 valence electrons. The van der Waals surface area contributed by atoms with Crippen LogP contribution in [0, 0.1) is 5.41 Å². The zero-order valence-corrected chi connectivity index (χ0v) is 11.2. The summed E-state index contributed by atoms with van der Waals surface area (Å²) < 4.78 is 5.27. The monoisotopic (exact) mass is 258 g/mol. The standard InChI is InChI=1S/C12H22N2O4/c1-12(2,10(15)16)7-13-11(17)14-8-5-4-6-9(8)18-3/h8-9H,4-7H2,1-3H3,(H,15,16)(H2,13,14,17). The fraction of sp³-hybridized carbons (Fsp3) is 0.833. The number of carboxylic acids is 1. The van der Waals surface area contributed by atoms with Crippen LogP contribution in [-0.2, 0) is 9.53 Å². The van der Waals surface area contributed by atoms with Gasteiger partial charge in [0.2, 0.25) is 0 Å². The Labute approximate surface area is 107 Å². The maximum absolute atomic E-state index is 11.7. The predicted octanol–water partition coefficient (Wildman–Crippen LogP) is 0.964. The highest BCUT2D eigenvalue weighted by Crippen LogP contribution is 2.21. The molecule has 0 radical (unpaired) electrons. The third-order valence-electron chi connectivity index (χ3n) is 3.34. The molecule has 2 unspecified atom stereocenters. The summed E-state index contributed by atoms with van der Waals surface area (Å²) in [6.45, 7) is 3.24. The van der Waals surface area contributed by atoms with Gasteiger partial charge in [-0.2, -0.15) is 0 Å². The van der Waals surface area contributed by atoms with Crippen molar-refractivity contribution in [2.24, 2.45) is 5.41 Å². The lowest BCUT2D eigenvalue weighted by Crippen LogP contribution is -2.49. The second-order valence-electron chi connectivity index (χ2n) is 5.33. The fourth-order valence-electron chi connectivity index (χ4n) is 1.97. The van der Waals surface area contributed by atoms with Crippen LogP contribution >= 0.6 is 0 Å². The molecule has 0 aromatic rings. The van der Waals surface area contributed by atoms with Crippen LogP contribution in [0.5, 0.6) is 0 Å². The first kappa shape index (κ1) is 14.8. The summed E-state index contributed by atoms with van der Waals surface area (Å²) in [6, 6.07) is -0.318. The van der Waals surface area contributed by atoms with Crippen molar-refractivity contribution >= 4 is 12.0 Å². The van der Waals surface area contributed by atoms with E-state index in [0.29, 0.717) is 0 Å². The van der Waals surface area contributed by atoms with Gasteiger partial charge in [-0.05, 0) is 33.1 Å². The van der Waals surface area contributed by atoms with Gasteiger partial charge in [0, 0.05) is 13.7 Å². The molecule has 0 aromatic carbocycles. The molecule has 0 saturated heterocycles. The molecule has 1 rings (SSSR count). The number of nitrogens with one attached hydrogen (secondary N) is 2. The number of methoxy groups -OCH3 is 1. The van der Waals surface area contributed by atoms with E-state index >= 15 is 0 Å². The summed E-state index contributed by atoms with van der Waals surface area (Å²) in [4.78, 5) is 22.5. The van der Waals surface area contributed by atoms with Crippen molar-refractivity contribution < 1.29 is 19.4 Å². The number of carboxylic acid groups (broad SMARTS) is 1. The van der Waals surface area contributed by atoms with Gasteiger partial charge >= 0.3 is 12.0 Å². The maximum atomic E-state index is 11.7. The van der Waals surface area contributed by atoms with E-state index in [0.717, 1.165) is 19.3 Å². The van der Waals surface area contributed by atoms with Gasteiger partial charge in [-0.15, -0.1) is 0 Å². The first-order chi connectivity index (χ1) is 8.36. The van der Waals surface area contributed by atoms with E-state index in [1.807, 2.05) is 0 Å². The molecule has 1 saturated carbocycles. The zero-order chi connectivity index (χ0) is 13.8. The molecule has 0 bridgehead atoms. The third kappa shape index (κ3) is 3.87. The van der Waals surface area contributed by atoms with Crippen molar-refractivity contribution in [3.8, 4) is 0 Å². The molecule has 2 amide bonds. The average molecular weight is 258 g/mol. The van der Waals surface area contributed by atoms with E-state index in [1.165, 1.54) is 0 Å². The molecule has 1 aliphatic rings. The van der Waals surface area contributed by atoms with Crippen LogP contribution in [0.1, 0.15) is 33.1 Å². The Bertz CT molecular complexity index is 317. The lowest BCUT2D eigenvalue weighted by Gasteiger charge is -2.23. The summed E-state index contributed by atoms with van der Waals surface area (Å²) in [6.07, 6.45) is 2.93. The number of ether oxygens (including phenoxy) is 1. The van der Waals surface area contributed by atoms with Crippen LogP contribution in [0.4, 0.5) is 4.79 Å². The third-order valence-corrected chi connectivity index (χ3v) is 3.34. The van der Waals surface area contributed by atoms with Crippen LogP contribution < -0.4 is 10.6 Å². The van der Waals surface area contributed by atoms with Crippen LogP contribution in [0.25, 0.3) is 0 Å². The molecule has 1 aliphatic carbocycles. The van der Waals surface area contributed by atoms with Crippen molar-refractivity contribution in [1.29, 1.82) is 0 Å². The van der Waals surface area contributed by atoms with Gasteiger partial charge in [0.25, 0.3) is 0 Å². The Morgan fingerprint density at radius 3 is 2.61 bits per heavy atom. The fourth-order valence-corrected chi connectivity index (χ4v) is 1.97. The molecule has 0 aromatic heterocycles. The lowest BCUT2D eigenvalue weighted by atomic mass is 9.94. The Morgan fingerprint density at radius 2 is 2.06 bits per heavy atom. The van der Waals surface area contributed by atoms with Gasteiger partial charge < -0.3 is 20.5 Å². The van der Waals surface area contributed by atoms with Crippen LogP contribution in [-0.4, -0.2) is 42.9 Å². The number of carbonyl (C=O) groups excluding carboxylic acids is 1. The Kier molecular flexibility index (Phi) is 4.95. The second kappa shape index (κ2) is 6.04. The van der Waals surface area contributed by atoms with Crippen molar-refractivity contribution in [2.75, 3.05) is 13.7 Å². The number of rotatable bonds is 5. The highest BCUT2D eigenvalue weighted by molar-refractivity contribution is 5.77. The average Bonchev–Trinajstić information content (AvgIpc) is 2.73. The lowest BCUT2D eigenvalue weighted by molar-refractivity contribution is -0.146. The second-order valence-corrected chi connectivity index (χ2v) is 5.33. The highest BCUT2D eigenvalue weighted by atomic mass is 16.5. The highest BCUT2D eigenvalue weighted by Gasteiger charge is 2.30. The minimum atomic E-state index is -0.965. The molecular formula is C12H22N2O4. The summed E-state index contributed by atoms with van der Waals surface area (Å²) in [7, 11) is 1.64. The van der Waals surface area contributed by atoms with Crippen molar-refractivity contribution in [3.05, 3.63) is 0 Å². The summed E-state index contributed by atoms with van der Waals surface area (Å²) in [5.41, 5.74) is -0.965. The smallest absolute Gasteiger partial charge is 0.315 e. The van der Waals surface area contributed by atoms with E-state index in [4.69, 9.17) is 9.84 Å². The van der Waals surface area contributed by atoms with Crippen molar-refractivity contribution in [2.45, 2.75) is 45.3 Å². The van der Waals surface area contributed by atoms with Crippen molar-refractivity contribution in [3.63, 3.8) is 0 Å². The summed E-state index contributed by atoms with van der Waals surface area (Å²) in [5, 5.41) is 14.3. The summed E-state index contributed by atoms with van der Waals surface area (Å²) >= 11 is 0. The van der Waals surface area contributed by atoms with Crippen LogP contribution in [0.2, 0.25) is 0 Å². The number of hydrogen-bond donors (Lipinski definition) is 3. The molecule has 2 atom stereocenters. The Hall–Kier alpha value is -1.30. The van der Waals surface area contributed by atoms with Crippen molar-refractivity contribution in [1.82, 2.24) is 10.6 Å². The number of hydrogen-bond acceptors (Lipinski definition) is 3. The van der Waals surface area contributed by atoms with Gasteiger partial charge in [0.15, 0.2) is 0 Å². The predicted molar refractivity (Wildman–Crippen MR) is 66.4 cm³/mol. The maximum Gasteiger partial charge on any atom is 0.315 e. The van der Waals surface area contributed by atoms with Gasteiger partial charge in [-0.25, -0.2) is 4.79 Å². The molecule has 0 spiro atoms. The van der Waals surface area contributed by atoms with E-state index < -0.39 is 11.4 Å². The molecule has 0 aliphatic heterocycles. The number of urea groups is 1. The summed E-state index contributed by atoms with van der Waals surface area (Å²) in [5.74, 6) is -0.932. The van der Waals surface area contributed by atoms with E-state index in [-0.39, 0.29) is 24.7 Å². The molecule has 1 fully saturated rings. The first-order valence-electron chi connectivity index (χ1n) is 6.17. The normalized spacial score (nSPS) is 23.7. The molecular weight excluding hydrogens is 236 g/mol. The number of carbonyl (C=O) groups is 2. The number of amides is 2. The zero-order valence-electron chi connectivity index (χ0n) is 11.2. The minimum Gasteiger partial charge on any atom is -0.481 e. The van der Waals surface area contributed by atoms with E-state index in [9.17, 15) is 9.59 Å². The van der Waals surface area contributed by atoms with Gasteiger partial charge in [0.1, 0.15) is 0 Å². The Morgan fingerprint density at radius 1 is 1.39 bits per heavy atom. The molecule has 3 N–H and O–H groups in total. The van der Waals surface area contributed by atoms with Crippen LogP contribution in [0.3, 0.4) is 0 Å². The quantitative estimate of drug-likeness (QED) is 0.685. The largest absolute Gasteiger partial charge is 0.481 e. The van der Waals surface area contributed by atoms with Gasteiger partial charge in [-0.1, -0.05) is 0 Å². The molecule has 18 heavy (non-hydrogen) atoms. The molecule has 6 heteroatoms. The molecule has 0 heterocycles. The molecule has 6 nitrogen and oxygen atoms in total. The van der Waals surface area contributed by atoms with E-state index in [2.05, 4.69) is 10.6 Å². The Balaban J connectivity index is 2.36. The topological polar surface area (TPSA) is 87.7 Å². The van der Waals surface area contributed by atoms with E-state index in [1.54, 1.807) is 21.0 Å². The SMILES string of the molecule is COC1CCCC1NC(=O)NCC(C)(C)C(=O)O. The minimum absolute atomic E-state index is 0.0166. The van der Waals surface area contributed by atoms with Crippen LogP contribution in [0.15, 0.2) is 0 Å². The first-order valence-corrected chi connectivity index (χ1v) is 6.17. The van der Waals surface area contributed by atoms with Gasteiger partial charge in [-0.3, -0.25) is 4.79 Å².